The highest BCUT2D eigenvalue weighted by Gasteiger charge is 2.22. The molecule has 0 saturated carbocycles. The van der Waals surface area contributed by atoms with E-state index in [0.29, 0.717) is 19.5 Å². The molecule has 0 aromatic heterocycles. The summed E-state index contributed by atoms with van der Waals surface area (Å²) in [5.41, 5.74) is 4.58. The fraction of sp³-hybridized carbons (Fsp3) is 0.440. The van der Waals surface area contributed by atoms with Gasteiger partial charge in [-0.25, -0.2) is 4.79 Å². The van der Waals surface area contributed by atoms with Crippen LogP contribution in [0.25, 0.3) is 0 Å². The molecule has 3 rings (SSSR count). The molecule has 0 saturated heterocycles. The van der Waals surface area contributed by atoms with E-state index in [0.717, 1.165) is 37.8 Å². The predicted octanol–water partition coefficient (Wildman–Crippen LogP) is 5.08. The lowest BCUT2D eigenvalue weighted by Crippen LogP contribution is -2.39. The summed E-state index contributed by atoms with van der Waals surface area (Å²) in [6.07, 6.45) is 5.25. The van der Waals surface area contributed by atoms with Crippen molar-refractivity contribution in [3.63, 3.8) is 0 Å². The quantitative estimate of drug-likeness (QED) is 0.641. The molecular formula is C25H33N3O2. The van der Waals surface area contributed by atoms with Crippen molar-refractivity contribution in [1.29, 1.82) is 0 Å². The fourth-order valence-electron chi connectivity index (χ4n) is 4.02. The molecule has 2 N–H and O–H groups in total. The van der Waals surface area contributed by atoms with E-state index in [1.165, 1.54) is 16.7 Å². The zero-order valence-electron chi connectivity index (χ0n) is 18.1. The third kappa shape index (κ3) is 5.85. The Hall–Kier alpha value is -2.82. The number of rotatable bonds is 8. The van der Waals surface area contributed by atoms with Crippen molar-refractivity contribution in [2.45, 2.75) is 58.4 Å². The largest absolute Gasteiger partial charge is 0.349 e. The second-order valence-corrected chi connectivity index (χ2v) is 7.93. The van der Waals surface area contributed by atoms with Gasteiger partial charge in [-0.05, 0) is 60.9 Å². The van der Waals surface area contributed by atoms with Gasteiger partial charge in [0.2, 0.25) is 5.91 Å². The number of hydrogen-bond donors (Lipinski definition) is 2. The van der Waals surface area contributed by atoms with E-state index in [2.05, 4.69) is 35.8 Å². The smallest absolute Gasteiger partial charge is 0.321 e. The standard InChI is InChI=1S/C25H33N3O2/c1-3-17-28(25(30)26-21-14-12-19(4-2)13-15-21)18-16-24(29)27-23-11-7-9-20-8-5-6-10-22(20)23/h5-6,8,10,12-15,23H,3-4,7,9,11,16-18H2,1-2H3,(H,26,30)(H,27,29). The van der Waals surface area contributed by atoms with Gasteiger partial charge in [0, 0.05) is 25.2 Å². The topological polar surface area (TPSA) is 61.4 Å². The number of hydrogen-bond acceptors (Lipinski definition) is 2. The number of anilines is 1. The van der Waals surface area contributed by atoms with Crippen molar-refractivity contribution in [2.24, 2.45) is 0 Å². The van der Waals surface area contributed by atoms with Crippen LogP contribution in [0.3, 0.4) is 0 Å². The number of benzene rings is 2. The first-order chi connectivity index (χ1) is 14.6. The Balaban J connectivity index is 1.53. The van der Waals surface area contributed by atoms with Crippen molar-refractivity contribution in [3.8, 4) is 0 Å². The molecule has 0 bridgehead atoms. The molecule has 1 unspecified atom stereocenters. The first-order valence-electron chi connectivity index (χ1n) is 11.1. The summed E-state index contributed by atoms with van der Waals surface area (Å²) in [6, 6.07) is 16.2. The van der Waals surface area contributed by atoms with Crippen LogP contribution >= 0.6 is 0 Å². The van der Waals surface area contributed by atoms with Gasteiger partial charge in [0.25, 0.3) is 0 Å². The van der Waals surface area contributed by atoms with Crippen LogP contribution in [0.4, 0.5) is 10.5 Å². The molecule has 0 spiro atoms. The van der Waals surface area contributed by atoms with Gasteiger partial charge >= 0.3 is 6.03 Å². The molecule has 3 amide bonds. The van der Waals surface area contributed by atoms with E-state index in [1.807, 2.05) is 37.3 Å². The fourth-order valence-corrected chi connectivity index (χ4v) is 4.02. The second kappa shape index (κ2) is 10.8. The van der Waals surface area contributed by atoms with Gasteiger partial charge in [0.15, 0.2) is 0 Å². The number of nitrogens with one attached hydrogen (secondary N) is 2. The lowest BCUT2D eigenvalue weighted by molar-refractivity contribution is -0.122. The van der Waals surface area contributed by atoms with E-state index < -0.39 is 0 Å². The van der Waals surface area contributed by atoms with Gasteiger partial charge in [-0.1, -0.05) is 50.2 Å². The normalized spacial score (nSPS) is 15.2. The van der Waals surface area contributed by atoms with Gasteiger partial charge in [0.05, 0.1) is 6.04 Å². The van der Waals surface area contributed by atoms with Gasteiger partial charge in [-0.15, -0.1) is 0 Å². The highest BCUT2D eigenvalue weighted by Crippen LogP contribution is 2.29. The van der Waals surface area contributed by atoms with Gasteiger partial charge in [-0.3, -0.25) is 4.79 Å². The molecule has 0 radical (unpaired) electrons. The first kappa shape index (κ1) is 21.9. The molecule has 5 nitrogen and oxygen atoms in total. The van der Waals surface area contributed by atoms with Crippen LogP contribution in [0.2, 0.25) is 0 Å². The molecule has 160 valence electrons. The number of urea groups is 1. The van der Waals surface area contributed by atoms with Crippen LogP contribution in [0.5, 0.6) is 0 Å². The Labute approximate surface area is 179 Å². The minimum Gasteiger partial charge on any atom is -0.349 e. The summed E-state index contributed by atoms with van der Waals surface area (Å²) in [7, 11) is 0. The maximum absolute atomic E-state index is 12.7. The van der Waals surface area contributed by atoms with Crippen LogP contribution in [-0.4, -0.2) is 29.9 Å². The van der Waals surface area contributed by atoms with Crippen molar-refractivity contribution >= 4 is 17.6 Å². The minimum absolute atomic E-state index is 0.00194. The number of aryl methyl sites for hydroxylation is 2. The average Bonchev–Trinajstić information content (AvgIpc) is 2.77. The SMILES string of the molecule is CCCN(CCC(=O)NC1CCCc2ccccc21)C(=O)Nc1ccc(CC)cc1. The lowest BCUT2D eigenvalue weighted by atomic mass is 9.87. The van der Waals surface area contributed by atoms with Gasteiger partial charge in [-0.2, -0.15) is 0 Å². The zero-order valence-corrected chi connectivity index (χ0v) is 18.1. The van der Waals surface area contributed by atoms with Crippen LogP contribution in [-0.2, 0) is 17.6 Å². The summed E-state index contributed by atoms with van der Waals surface area (Å²) in [6.45, 7) is 5.17. The molecule has 1 aliphatic carbocycles. The monoisotopic (exact) mass is 407 g/mol. The van der Waals surface area contributed by atoms with Gasteiger partial charge in [0.1, 0.15) is 0 Å². The summed E-state index contributed by atoms with van der Waals surface area (Å²) in [4.78, 5) is 27.0. The third-order valence-corrected chi connectivity index (χ3v) is 5.71. The second-order valence-electron chi connectivity index (χ2n) is 7.93. The highest BCUT2D eigenvalue weighted by molar-refractivity contribution is 5.89. The molecule has 0 aliphatic heterocycles. The maximum atomic E-state index is 12.7. The van der Waals surface area contributed by atoms with E-state index in [1.54, 1.807) is 4.90 Å². The predicted molar refractivity (Wildman–Crippen MR) is 122 cm³/mol. The molecule has 30 heavy (non-hydrogen) atoms. The van der Waals surface area contributed by atoms with E-state index in [-0.39, 0.29) is 18.0 Å². The molecule has 0 fully saturated rings. The summed E-state index contributed by atoms with van der Waals surface area (Å²) < 4.78 is 0. The number of nitrogens with zero attached hydrogens (tertiary/aromatic N) is 1. The van der Waals surface area contributed by atoms with Crippen LogP contribution < -0.4 is 10.6 Å². The third-order valence-electron chi connectivity index (χ3n) is 5.71. The maximum Gasteiger partial charge on any atom is 0.321 e. The summed E-state index contributed by atoms with van der Waals surface area (Å²) >= 11 is 0. The molecule has 2 aromatic rings. The Morgan fingerprint density at radius 2 is 1.80 bits per heavy atom. The van der Waals surface area contributed by atoms with E-state index >= 15 is 0 Å². The van der Waals surface area contributed by atoms with Crippen molar-refractivity contribution in [3.05, 3.63) is 65.2 Å². The van der Waals surface area contributed by atoms with Crippen LogP contribution in [0.1, 0.15) is 62.3 Å². The highest BCUT2D eigenvalue weighted by atomic mass is 16.2. The van der Waals surface area contributed by atoms with Gasteiger partial charge < -0.3 is 15.5 Å². The Kier molecular flexibility index (Phi) is 7.89. The molecule has 5 heteroatoms. The van der Waals surface area contributed by atoms with Crippen molar-refractivity contribution in [2.75, 3.05) is 18.4 Å². The number of amides is 3. The molecule has 0 heterocycles. The van der Waals surface area contributed by atoms with Crippen molar-refractivity contribution in [1.82, 2.24) is 10.2 Å². The number of fused-ring (bicyclic) bond motifs is 1. The van der Waals surface area contributed by atoms with E-state index in [9.17, 15) is 9.59 Å². The molecule has 2 aromatic carbocycles. The lowest BCUT2D eigenvalue weighted by Gasteiger charge is -2.27. The zero-order chi connectivity index (χ0) is 21.3. The summed E-state index contributed by atoms with van der Waals surface area (Å²) in [5.74, 6) is -0.00194. The average molecular weight is 408 g/mol. The summed E-state index contributed by atoms with van der Waals surface area (Å²) in [5, 5.41) is 6.13. The molecule has 1 aliphatic rings. The van der Waals surface area contributed by atoms with E-state index in [4.69, 9.17) is 0 Å². The molecular weight excluding hydrogens is 374 g/mol. The Bertz CT molecular complexity index is 848. The Morgan fingerprint density at radius 1 is 1.03 bits per heavy atom. The minimum atomic E-state index is -0.156. The number of carbonyl (C=O) groups is 2. The Morgan fingerprint density at radius 3 is 2.53 bits per heavy atom. The number of carbonyl (C=O) groups excluding carboxylic acids is 2. The van der Waals surface area contributed by atoms with Crippen LogP contribution in [0, 0.1) is 0 Å². The van der Waals surface area contributed by atoms with Crippen molar-refractivity contribution < 1.29 is 9.59 Å². The first-order valence-corrected chi connectivity index (χ1v) is 11.1. The molecule has 1 atom stereocenters. The van der Waals surface area contributed by atoms with Crippen LogP contribution in [0.15, 0.2) is 48.5 Å².